The van der Waals surface area contributed by atoms with Crippen molar-refractivity contribution in [3.05, 3.63) is 124 Å². The zero-order valence-electron chi connectivity index (χ0n) is 28.1. The summed E-state index contributed by atoms with van der Waals surface area (Å²) in [5.74, 6) is -1.14. The molecule has 0 aliphatic carbocycles. The van der Waals surface area contributed by atoms with Crippen LogP contribution < -0.4 is 4.74 Å². The van der Waals surface area contributed by atoms with Gasteiger partial charge in [0, 0.05) is 11.6 Å². The Balaban J connectivity index is 1.90. The molecule has 1 N–H and O–H groups in total. The zero-order valence-corrected chi connectivity index (χ0v) is 28.1. The van der Waals surface area contributed by atoms with E-state index in [-0.39, 0.29) is 52.8 Å². The number of benzene rings is 4. The van der Waals surface area contributed by atoms with E-state index in [1.807, 2.05) is 0 Å². The van der Waals surface area contributed by atoms with Crippen LogP contribution in [0.4, 0.5) is 48.7 Å². The highest BCUT2D eigenvalue weighted by Gasteiger charge is 2.39. The second-order valence-electron chi connectivity index (χ2n) is 12.3. The lowest BCUT2D eigenvalue weighted by Gasteiger charge is -2.33. The predicted octanol–water partition coefficient (Wildman–Crippen LogP) is 10.9. The van der Waals surface area contributed by atoms with Crippen LogP contribution in [0.15, 0.2) is 78.9 Å². The molecule has 0 fully saturated rings. The first-order chi connectivity index (χ1) is 24.1. The van der Waals surface area contributed by atoms with Gasteiger partial charge < -0.3 is 14.6 Å². The van der Waals surface area contributed by atoms with Crippen LogP contribution in [0.2, 0.25) is 0 Å². The average molecular weight is 746 g/mol. The number of alkyl halides is 9. The summed E-state index contributed by atoms with van der Waals surface area (Å²) < 4.78 is 150. The molecule has 0 saturated carbocycles. The molecule has 0 aliphatic heterocycles. The fraction of sp³-hybridized carbons (Fsp3) is 0.324. The van der Waals surface area contributed by atoms with Gasteiger partial charge in [0.25, 0.3) is 0 Å². The third-order valence-corrected chi connectivity index (χ3v) is 8.34. The number of aliphatic hydroxyl groups excluding tert-OH is 1. The maximum atomic E-state index is 14.9. The second-order valence-corrected chi connectivity index (χ2v) is 12.3. The number of carbonyl (C=O) groups excluding carboxylic acids is 1. The Kier molecular flexibility index (Phi) is 11.9. The van der Waals surface area contributed by atoms with Gasteiger partial charge in [-0.05, 0) is 77.1 Å². The van der Waals surface area contributed by atoms with Gasteiger partial charge in [0.2, 0.25) is 0 Å². The number of halogens is 10. The van der Waals surface area contributed by atoms with Crippen molar-refractivity contribution < 1.29 is 63.3 Å². The molecule has 15 heteroatoms. The highest BCUT2D eigenvalue weighted by atomic mass is 19.4. The van der Waals surface area contributed by atoms with Crippen LogP contribution in [0.3, 0.4) is 0 Å². The van der Waals surface area contributed by atoms with Crippen molar-refractivity contribution in [2.75, 3.05) is 7.11 Å². The number of aliphatic hydroxyl groups is 1. The van der Waals surface area contributed by atoms with E-state index in [1.165, 1.54) is 13.2 Å². The van der Waals surface area contributed by atoms with E-state index in [0.29, 0.717) is 16.5 Å². The molecule has 0 spiro atoms. The minimum Gasteiger partial charge on any atom is -0.496 e. The third-order valence-electron chi connectivity index (χ3n) is 8.34. The molecule has 4 aromatic carbocycles. The Bertz CT molecular complexity index is 1840. The number of rotatable bonds is 10. The smallest absolute Gasteiger partial charge is 0.416 e. The number of methoxy groups -OCH3 is 1. The highest BCUT2D eigenvalue weighted by molar-refractivity contribution is 5.76. The van der Waals surface area contributed by atoms with Crippen LogP contribution in [-0.4, -0.2) is 29.3 Å². The van der Waals surface area contributed by atoms with Crippen molar-refractivity contribution in [1.29, 1.82) is 0 Å². The van der Waals surface area contributed by atoms with E-state index in [4.69, 9.17) is 9.47 Å². The van der Waals surface area contributed by atoms with Gasteiger partial charge >= 0.3 is 24.6 Å². The molecule has 0 radical (unpaired) electrons. The van der Waals surface area contributed by atoms with Gasteiger partial charge in [-0.1, -0.05) is 50.2 Å². The van der Waals surface area contributed by atoms with Crippen molar-refractivity contribution in [2.24, 2.45) is 0 Å². The number of ether oxygens (including phenoxy) is 2. The molecule has 280 valence electrons. The normalized spacial score (nSPS) is 13.5. The fourth-order valence-electron chi connectivity index (χ4n) is 5.52. The fourth-order valence-corrected chi connectivity index (χ4v) is 5.52. The standard InChI is InChI=1S/C37H33F10NO4/c1-20(2)29-16-30(32(51-4)17-31(29)38)28-11-10-25(35(39,40)41)14-24(28)18-48(34(50)52-19-22-8-6-5-7-9-22)21(3)33(49)23-12-26(36(42,43)44)15-27(13-23)37(45,46)47/h5-17,20-21,33,49H,18-19H2,1-4H3. The van der Waals surface area contributed by atoms with Gasteiger partial charge in [-0.15, -0.1) is 0 Å². The molecule has 0 aromatic heterocycles. The Morgan fingerprint density at radius 1 is 0.750 bits per heavy atom. The van der Waals surface area contributed by atoms with E-state index in [0.717, 1.165) is 25.1 Å². The van der Waals surface area contributed by atoms with Crippen molar-refractivity contribution in [1.82, 2.24) is 4.90 Å². The van der Waals surface area contributed by atoms with Crippen molar-refractivity contribution in [3.8, 4) is 16.9 Å². The maximum Gasteiger partial charge on any atom is 0.416 e. The van der Waals surface area contributed by atoms with Crippen LogP contribution in [-0.2, 0) is 36.4 Å². The topological polar surface area (TPSA) is 59.0 Å². The van der Waals surface area contributed by atoms with Crippen molar-refractivity contribution >= 4 is 6.09 Å². The van der Waals surface area contributed by atoms with Gasteiger partial charge in [-0.3, -0.25) is 4.90 Å². The molecule has 4 aromatic rings. The van der Waals surface area contributed by atoms with Crippen LogP contribution in [0, 0.1) is 5.82 Å². The quantitative estimate of drug-likeness (QED) is 0.164. The molecular formula is C37H33F10NO4. The Morgan fingerprint density at radius 2 is 1.33 bits per heavy atom. The molecule has 0 saturated heterocycles. The van der Waals surface area contributed by atoms with Crippen LogP contribution >= 0.6 is 0 Å². The minimum absolute atomic E-state index is 0.0210. The maximum absolute atomic E-state index is 14.9. The molecular weight excluding hydrogens is 712 g/mol. The second kappa shape index (κ2) is 15.4. The number of carbonyl (C=O) groups is 1. The highest BCUT2D eigenvalue weighted by Crippen LogP contribution is 2.42. The summed E-state index contributed by atoms with van der Waals surface area (Å²) in [6.45, 7) is 3.24. The number of hydrogen-bond acceptors (Lipinski definition) is 4. The molecule has 5 nitrogen and oxygen atoms in total. The molecule has 2 atom stereocenters. The third kappa shape index (κ3) is 9.35. The van der Waals surface area contributed by atoms with Gasteiger partial charge in [0.05, 0.1) is 42.5 Å². The Labute approximate surface area is 292 Å². The first-order valence-corrected chi connectivity index (χ1v) is 15.6. The lowest BCUT2D eigenvalue weighted by Crippen LogP contribution is -2.42. The first-order valence-electron chi connectivity index (χ1n) is 15.6. The molecule has 0 bridgehead atoms. The summed E-state index contributed by atoms with van der Waals surface area (Å²) in [5.41, 5.74) is -4.97. The van der Waals surface area contributed by atoms with E-state index >= 15 is 0 Å². The summed E-state index contributed by atoms with van der Waals surface area (Å²) in [5, 5.41) is 11.3. The summed E-state index contributed by atoms with van der Waals surface area (Å²) in [6, 6.07) is 11.7. The number of amides is 1. The Morgan fingerprint density at radius 3 is 1.85 bits per heavy atom. The van der Waals surface area contributed by atoms with Gasteiger partial charge in [0.15, 0.2) is 0 Å². The summed E-state index contributed by atoms with van der Waals surface area (Å²) in [7, 11) is 1.20. The monoisotopic (exact) mass is 745 g/mol. The summed E-state index contributed by atoms with van der Waals surface area (Å²) >= 11 is 0. The van der Waals surface area contributed by atoms with E-state index in [1.54, 1.807) is 44.2 Å². The molecule has 52 heavy (non-hydrogen) atoms. The van der Waals surface area contributed by atoms with Crippen LogP contribution in [0.1, 0.15) is 71.7 Å². The van der Waals surface area contributed by atoms with Gasteiger partial charge in [-0.2, -0.15) is 39.5 Å². The van der Waals surface area contributed by atoms with Gasteiger partial charge in [0.1, 0.15) is 18.2 Å². The molecule has 1 amide bonds. The average Bonchev–Trinajstić information content (AvgIpc) is 3.07. The van der Waals surface area contributed by atoms with E-state index in [2.05, 4.69) is 0 Å². The number of nitrogens with zero attached hydrogens (tertiary/aromatic N) is 1. The van der Waals surface area contributed by atoms with Crippen molar-refractivity contribution in [2.45, 2.75) is 70.5 Å². The lowest BCUT2D eigenvalue weighted by atomic mass is 9.91. The molecule has 2 unspecified atom stereocenters. The number of hydrogen-bond donors (Lipinski definition) is 1. The largest absolute Gasteiger partial charge is 0.496 e. The van der Waals surface area contributed by atoms with E-state index in [9.17, 15) is 53.8 Å². The van der Waals surface area contributed by atoms with Crippen molar-refractivity contribution in [3.63, 3.8) is 0 Å². The predicted molar refractivity (Wildman–Crippen MR) is 171 cm³/mol. The minimum atomic E-state index is -5.26. The zero-order chi connectivity index (χ0) is 38.8. The Hall–Kier alpha value is -4.79. The summed E-state index contributed by atoms with van der Waals surface area (Å²) in [6.07, 6.45) is -18.9. The van der Waals surface area contributed by atoms with E-state index < -0.39 is 77.3 Å². The lowest BCUT2D eigenvalue weighted by molar-refractivity contribution is -0.143. The van der Waals surface area contributed by atoms with Crippen LogP contribution in [0.5, 0.6) is 5.75 Å². The van der Waals surface area contributed by atoms with Crippen LogP contribution in [0.25, 0.3) is 11.1 Å². The first kappa shape index (κ1) is 40.0. The van der Waals surface area contributed by atoms with Gasteiger partial charge in [-0.25, -0.2) is 9.18 Å². The summed E-state index contributed by atoms with van der Waals surface area (Å²) in [4.78, 5) is 14.4. The molecule has 0 aliphatic rings. The SMILES string of the molecule is COc1cc(F)c(C(C)C)cc1-c1ccc(C(F)(F)F)cc1CN(C(=O)OCc1ccccc1)C(C)C(O)c1cc(C(F)(F)F)cc(C(F)(F)F)c1. The molecule has 0 heterocycles. The molecule has 4 rings (SSSR count).